The van der Waals surface area contributed by atoms with Crippen LogP contribution in [0.1, 0.15) is 25.7 Å². The van der Waals surface area contributed by atoms with Crippen LogP contribution in [-0.2, 0) is 0 Å². The average Bonchev–Trinajstić information content (AvgIpc) is 2.35. The number of halogens is 2. The largest absolute Gasteiger partial charge is 0.493 e. The molecule has 2 rings (SSSR count). The van der Waals surface area contributed by atoms with Crippen molar-refractivity contribution >= 4 is 0 Å². The third-order valence-corrected chi connectivity index (χ3v) is 3.04. The highest BCUT2D eigenvalue weighted by Gasteiger charge is 2.12. The Hall–Kier alpha value is -1.16. The fourth-order valence-corrected chi connectivity index (χ4v) is 2.06. The maximum absolute atomic E-state index is 12.9. The molecule has 0 radical (unpaired) electrons. The summed E-state index contributed by atoms with van der Waals surface area (Å²) in [6.07, 6.45) is 4.56. The van der Waals surface area contributed by atoms with Gasteiger partial charge in [-0.05, 0) is 37.9 Å². The molecule has 1 atom stereocenters. The molecule has 0 saturated carbocycles. The Labute approximate surface area is 100.0 Å². The zero-order chi connectivity index (χ0) is 12.1. The molecule has 1 fully saturated rings. The van der Waals surface area contributed by atoms with Crippen LogP contribution >= 0.6 is 0 Å². The van der Waals surface area contributed by atoms with Gasteiger partial charge in [-0.2, -0.15) is 0 Å². The predicted octanol–water partition coefficient (Wildman–Crippen LogP) is 2.88. The third kappa shape index (κ3) is 3.66. The van der Waals surface area contributed by atoms with Crippen LogP contribution in [0.2, 0.25) is 0 Å². The van der Waals surface area contributed by atoms with Crippen LogP contribution < -0.4 is 10.1 Å². The molecule has 1 heterocycles. The fraction of sp³-hybridized carbons (Fsp3) is 0.538. The van der Waals surface area contributed by atoms with E-state index >= 15 is 0 Å². The highest BCUT2D eigenvalue weighted by molar-refractivity contribution is 5.23. The Balaban J connectivity index is 1.75. The van der Waals surface area contributed by atoms with Crippen LogP contribution in [0.3, 0.4) is 0 Å². The van der Waals surface area contributed by atoms with E-state index in [0.29, 0.717) is 18.4 Å². The summed E-state index contributed by atoms with van der Waals surface area (Å²) >= 11 is 0. The zero-order valence-corrected chi connectivity index (χ0v) is 9.72. The van der Waals surface area contributed by atoms with Crippen molar-refractivity contribution in [3.8, 4) is 5.75 Å². The minimum absolute atomic E-state index is 0.389. The molecule has 2 nitrogen and oxygen atoms in total. The maximum atomic E-state index is 12.9. The standard InChI is InChI=1S/C13H17F2NO/c14-12-5-4-11(9-13(12)15)17-8-6-10-3-1-2-7-16-10/h4-5,9-10,16H,1-3,6-8H2. The molecule has 1 aromatic carbocycles. The van der Waals surface area contributed by atoms with E-state index in [1.54, 1.807) is 0 Å². The molecule has 0 spiro atoms. The van der Waals surface area contributed by atoms with Crippen molar-refractivity contribution < 1.29 is 13.5 Å². The third-order valence-electron chi connectivity index (χ3n) is 3.04. The molecule has 0 bridgehead atoms. The molecule has 1 N–H and O–H groups in total. The lowest BCUT2D eigenvalue weighted by atomic mass is 10.0. The molecule has 17 heavy (non-hydrogen) atoms. The monoisotopic (exact) mass is 241 g/mol. The van der Waals surface area contributed by atoms with Gasteiger partial charge in [-0.15, -0.1) is 0 Å². The molecule has 0 aromatic heterocycles. The van der Waals surface area contributed by atoms with E-state index in [1.165, 1.54) is 25.3 Å². The molecular formula is C13H17F2NO. The summed E-state index contributed by atoms with van der Waals surface area (Å²) in [7, 11) is 0. The molecule has 1 saturated heterocycles. The summed E-state index contributed by atoms with van der Waals surface area (Å²) in [4.78, 5) is 0. The number of piperidine rings is 1. The summed E-state index contributed by atoms with van der Waals surface area (Å²) < 4.78 is 31.0. The lowest BCUT2D eigenvalue weighted by Gasteiger charge is -2.23. The summed E-state index contributed by atoms with van der Waals surface area (Å²) in [5.41, 5.74) is 0. The van der Waals surface area contributed by atoms with Crippen LogP contribution in [0, 0.1) is 11.6 Å². The number of hydrogen-bond donors (Lipinski definition) is 1. The van der Waals surface area contributed by atoms with Gasteiger partial charge in [0.2, 0.25) is 0 Å². The van der Waals surface area contributed by atoms with Gasteiger partial charge in [0.25, 0.3) is 0 Å². The Morgan fingerprint density at radius 1 is 1.24 bits per heavy atom. The van der Waals surface area contributed by atoms with E-state index in [0.717, 1.165) is 25.1 Å². The van der Waals surface area contributed by atoms with Crippen LogP contribution in [0.15, 0.2) is 18.2 Å². The number of rotatable bonds is 4. The highest BCUT2D eigenvalue weighted by Crippen LogP contribution is 2.16. The first-order valence-corrected chi connectivity index (χ1v) is 6.07. The Morgan fingerprint density at radius 2 is 2.12 bits per heavy atom. The summed E-state index contributed by atoms with van der Waals surface area (Å²) in [6, 6.07) is 4.12. The first-order chi connectivity index (χ1) is 8.25. The average molecular weight is 241 g/mol. The lowest BCUT2D eigenvalue weighted by Crippen LogP contribution is -2.35. The zero-order valence-electron chi connectivity index (χ0n) is 9.72. The van der Waals surface area contributed by atoms with Crippen molar-refractivity contribution in [1.82, 2.24) is 5.32 Å². The quantitative estimate of drug-likeness (QED) is 0.875. The van der Waals surface area contributed by atoms with E-state index in [9.17, 15) is 8.78 Å². The van der Waals surface area contributed by atoms with Gasteiger partial charge in [0.05, 0.1) is 6.61 Å². The fourth-order valence-electron chi connectivity index (χ4n) is 2.06. The molecule has 1 aliphatic rings. The van der Waals surface area contributed by atoms with Crippen LogP contribution in [0.4, 0.5) is 8.78 Å². The Morgan fingerprint density at radius 3 is 2.82 bits per heavy atom. The SMILES string of the molecule is Fc1ccc(OCCC2CCCCN2)cc1F. The van der Waals surface area contributed by atoms with Gasteiger partial charge >= 0.3 is 0 Å². The predicted molar refractivity (Wildman–Crippen MR) is 62.1 cm³/mol. The van der Waals surface area contributed by atoms with E-state index in [2.05, 4.69) is 5.32 Å². The molecule has 0 amide bonds. The maximum Gasteiger partial charge on any atom is 0.162 e. The second kappa shape index (κ2) is 5.96. The Bertz CT molecular complexity index is 364. The van der Waals surface area contributed by atoms with Crippen molar-refractivity contribution in [3.63, 3.8) is 0 Å². The van der Waals surface area contributed by atoms with Crippen molar-refractivity contribution in [1.29, 1.82) is 0 Å². The summed E-state index contributed by atoms with van der Waals surface area (Å²) in [6.45, 7) is 1.60. The number of nitrogens with one attached hydrogen (secondary N) is 1. The smallest absolute Gasteiger partial charge is 0.162 e. The van der Waals surface area contributed by atoms with E-state index in [1.807, 2.05) is 0 Å². The van der Waals surface area contributed by atoms with E-state index in [4.69, 9.17) is 4.74 Å². The first-order valence-electron chi connectivity index (χ1n) is 6.07. The minimum Gasteiger partial charge on any atom is -0.493 e. The molecule has 94 valence electrons. The second-order valence-corrected chi connectivity index (χ2v) is 4.36. The normalized spacial score (nSPS) is 20.2. The van der Waals surface area contributed by atoms with Gasteiger partial charge < -0.3 is 10.1 Å². The molecule has 1 unspecified atom stereocenters. The number of benzene rings is 1. The van der Waals surface area contributed by atoms with Gasteiger partial charge in [-0.25, -0.2) is 8.78 Å². The summed E-state index contributed by atoms with van der Waals surface area (Å²) in [5.74, 6) is -1.32. The molecule has 1 aromatic rings. The summed E-state index contributed by atoms with van der Waals surface area (Å²) in [5, 5.41) is 3.41. The first kappa shape index (κ1) is 12.3. The number of hydrogen-bond acceptors (Lipinski definition) is 2. The molecule has 1 aliphatic heterocycles. The molecule has 4 heteroatoms. The van der Waals surface area contributed by atoms with E-state index < -0.39 is 11.6 Å². The van der Waals surface area contributed by atoms with Gasteiger partial charge in [0.1, 0.15) is 5.75 Å². The van der Waals surface area contributed by atoms with E-state index in [-0.39, 0.29) is 0 Å². The van der Waals surface area contributed by atoms with Crippen molar-refractivity contribution in [2.45, 2.75) is 31.7 Å². The van der Waals surface area contributed by atoms with Crippen LogP contribution in [0.25, 0.3) is 0 Å². The van der Waals surface area contributed by atoms with Crippen molar-refractivity contribution in [3.05, 3.63) is 29.8 Å². The van der Waals surface area contributed by atoms with Crippen molar-refractivity contribution in [2.24, 2.45) is 0 Å². The number of ether oxygens (including phenoxy) is 1. The van der Waals surface area contributed by atoms with Gasteiger partial charge in [0, 0.05) is 12.1 Å². The van der Waals surface area contributed by atoms with Crippen molar-refractivity contribution in [2.75, 3.05) is 13.2 Å². The minimum atomic E-state index is -0.863. The highest BCUT2D eigenvalue weighted by atomic mass is 19.2. The van der Waals surface area contributed by atoms with Gasteiger partial charge in [-0.1, -0.05) is 6.42 Å². The molecular weight excluding hydrogens is 224 g/mol. The topological polar surface area (TPSA) is 21.3 Å². The van der Waals surface area contributed by atoms with Crippen LogP contribution in [-0.4, -0.2) is 19.2 Å². The van der Waals surface area contributed by atoms with Gasteiger partial charge in [-0.3, -0.25) is 0 Å². The van der Waals surface area contributed by atoms with Gasteiger partial charge in [0.15, 0.2) is 11.6 Å². The molecule has 0 aliphatic carbocycles. The van der Waals surface area contributed by atoms with Crippen LogP contribution in [0.5, 0.6) is 5.75 Å². The second-order valence-electron chi connectivity index (χ2n) is 4.36. The lowest BCUT2D eigenvalue weighted by molar-refractivity contribution is 0.267. The Kier molecular flexibility index (Phi) is 4.31.